The molecule has 1 atom stereocenters. The van der Waals surface area contributed by atoms with E-state index in [-0.39, 0.29) is 42.1 Å². The van der Waals surface area contributed by atoms with Crippen LogP contribution in [-0.4, -0.2) is 34.8 Å². The van der Waals surface area contributed by atoms with Crippen LogP contribution < -0.4 is 15.0 Å². The van der Waals surface area contributed by atoms with E-state index >= 15 is 0 Å². The summed E-state index contributed by atoms with van der Waals surface area (Å²) < 4.78 is 17.6. The Labute approximate surface area is 188 Å². The second-order valence-electron chi connectivity index (χ2n) is 7.88. The van der Waals surface area contributed by atoms with E-state index in [0.29, 0.717) is 28.4 Å². The third-order valence-electron chi connectivity index (χ3n) is 6.44. The molecule has 0 amide bonds. The number of fused-ring (bicyclic) bond motifs is 5. The highest BCUT2D eigenvalue weighted by Gasteiger charge is 2.45. The first-order chi connectivity index (χ1) is 15.4. The topological polar surface area (TPSA) is 99.9 Å². The average molecular weight is 457 g/mol. The minimum atomic E-state index is -1.87. The molecule has 2 aromatic heterocycles. The highest BCUT2D eigenvalue weighted by molar-refractivity contribution is 6.18. The van der Waals surface area contributed by atoms with Gasteiger partial charge < -0.3 is 23.9 Å². The van der Waals surface area contributed by atoms with Crippen molar-refractivity contribution >= 4 is 28.5 Å². The molecule has 0 bridgehead atoms. The normalized spacial score (nSPS) is 18.7. The fourth-order valence-electron chi connectivity index (χ4n) is 4.64. The molecule has 0 saturated carbocycles. The highest BCUT2D eigenvalue weighted by atomic mass is 35.5. The molecule has 0 radical (unpaired) electrons. The van der Waals surface area contributed by atoms with Crippen molar-refractivity contribution in [1.82, 2.24) is 9.55 Å². The molecule has 0 fully saturated rings. The van der Waals surface area contributed by atoms with Gasteiger partial charge in [-0.1, -0.05) is 6.92 Å². The summed E-state index contributed by atoms with van der Waals surface area (Å²) in [7, 11) is 3.11. The molecule has 32 heavy (non-hydrogen) atoms. The Morgan fingerprint density at radius 3 is 2.56 bits per heavy atom. The lowest BCUT2D eigenvalue weighted by Crippen LogP contribution is -2.44. The number of hydrogen-bond donors (Lipinski definition) is 1. The molecule has 166 valence electrons. The Morgan fingerprint density at radius 1 is 1.19 bits per heavy atom. The number of pyridine rings is 2. The summed E-state index contributed by atoms with van der Waals surface area (Å²) in [5, 5.41) is 11.8. The molecule has 4 heterocycles. The summed E-state index contributed by atoms with van der Waals surface area (Å²) in [6, 6.07) is 5.28. The van der Waals surface area contributed by atoms with Crippen LogP contribution in [0, 0.1) is 0 Å². The van der Waals surface area contributed by atoms with Gasteiger partial charge in [0.1, 0.15) is 6.61 Å². The molecule has 1 aromatic carbocycles. The Balaban J connectivity index is 1.82. The van der Waals surface area contributed by atoms with Crippen LogP contribution in [-0.2, 0) is 34.2 Å². The molecule has 2 aliphatic rings. The first-order valence-corrected chi connectivity index (χ1v) is 10.7. The number of hydrogen-bond acceptors (Lipinski definition) is 7. The third-order valence-corrected chi connectivity index (χ3v) is 6.71. The smallest absolute Gasteiger partial charge is 0.343 e. The second kappa shape index (κ2) is 7.21. The number of aromatic nitrogens is 2. The van der Waals surface area contributed by atoms with Crippen LogP contribution in [0.15, 0.2) is 23.0 Å². The minimum absolute atomic E-state index is 0.0870. The Kier molecular flexibility index (Phi) is 4.69. The zero-order chi connectivity index (χ0) is 22.8. The van der Waals surface area contributed by atoms with Crippen molar-refractivity contribution < 1.29 is 24.1 Å². The van der Waals surface area contributed by atoms with Crippen LogP contribution in [0.25, 0.3) is 22.3 Å². The highest BCUT2D eigenvalue weighted by Crippen LogP contribution is 2.42. The second-order valence-corrected chi connectivity index (χ2v) is 8.15. The van der Waals surface area contributed by atoms with Crippen molar-refractivity contribution in [3.8, 4) is 22.9 Å². The van der Waals surface area contributed by atoms with Gasteiger partial charge in [-0.2, -0.15) is 0 Å². The monoisotopic (exact) mass is 456 g/mol. The van der Waals surface area contributed by atoms with E-state index in [4.69, 9.17) is 30.8 Å². The molecule has 0 spiro atoms. The number of halogens is 1. The van der Waals surface area contributed by atoms with Crippen molar-refractivity contribution in [3.63, 3.8) is 0 Å². The summed E-state index contributed by atoms with van der Waals surface area (Å²) in [5.74, 6) is 0.538. The van der Waals surface area contributed by atoms with Crippen molar-refractivity contribution in [3.05, 3.63) is 50.8 Å². The van der Waals surface area contributed by atoms with E-state index in [1.165, 1.54) is 0 Å². The largest absolute Gasteiger partial charge is 0.493 e. The predicted molar refractivity (Wildman–Crippen MR) is 117 cm³/mol. The Hall–Kier alpha value is -3.10. The van der Waals surface area contributed by atoms with Gasteiger partial charge in [0.2, 0.25) is 0 Å². The molecule has 1 N–H and O–H groups in total. The number of ether oxygens (including phenoxy) is 3. The minimum Gasteiger partial charge on any atom is -0.493 e. The number of rotatable bonds is 4. The Morgan fingerprint density at radius 2 is 1.91 bits per heavy atom. The van der Waals surface area contributed by atoms with Gasteiger partial charge in [0, 0.05) is 28.5 Å². The lowest BCUT2D eigenvalue weighted by Gasteiger charge is -2.31. The summed E-state index contributed by atoms with van der Waals surface area (Å²) >= 11 is 6.36. The average Bonchev–Trinajstić information content (AvgIpc) is 3.17. The number of nitrogens with zero attached hydrogens (tertiary/aromatic N) is 2. The molecule has 8 nitrogen and oxygen atoms in total. The van der Waals surface area contributed by atoms with Crippen LogP contribution >= 0.6 is 11.6 Å². The van der Waals surface area contributed by atoms with Crippen LogP contribution in [0.1, 0.15) is 35.6 Å². The summed E-state index contributed by atoms with van der Waals surface area (Å²) in [4.78, 5) is 30.5. The molecule has 1 unspecified atom stereocenters. The van der Waals surface area contributed by atoms with Gasteiger partial charge >= 0.3 is 5.97 Å². The van der Waals surface area contributed by atoms with E-state index < -0.39 is 11.6 Å². The number of carbonyl (C=O) groups excluding carboxylic acids is 1. The lowest BCUT2D eigenvalue weighted by atomic mass is 9.86. The standard InChI is InChI=1S/C23H21ClN2O6/c1-4-23(29)15-6-17-20-13(9-26(17)21(27)14(15)10-32-22(23)28)12(8-24)11-5-18(30-2)19(31-3)7-16(11)25-20/h5-7,29H,4,8-10H2,1-3H3. The molecule has 2 aliphatic heterocycles. The summed E-state index contributed by atoms with van der Waals surface area (Å²) in [5.41, 5.74) is 1.82. The zero-order valence-corrected chi connectivity index (χ0v) is 18.6. The van der Waals surface area contributed by atoms with Crippen molar-refractivity contribution in [2.75, 3.05) is 14.2 Å². The number of esters is 1. The molecule has 9 heteroatoms. The van der Waals surface area contributed by atoms with Crippen LogP contribution in [0.2, 0.25) is 0 Å². The number of benzene rings is 1. The molecule has 5 rings (SSSR count). The van der Waals surface area contributed by atoms with Gasteiger partial charge in [-0.3, -0.25) is 4.79 Å². The number of alkyl halides is 1. The predicted octanol–water partition coefficient (Wildman–Crippen LogP) is 2.84. The molecular weight excluding hydrogens is 436 g/mol. The number of aliphatic hydroxyl groups is 1. The first-order valence-electron chi connectivity index (χ1n) is 10.2. The maximum Gasteiger partial charge on any atom is 0.343 e. The van der Waals surface area contributed by atoms with Gasteiger partial charge in [0.05, 0.1) is 43.2 Å². The van der Waals surface area contributed by atoms with E-state index in [1.54, 1.807) is 37.8 Å². The third kappa shape index (κ3) is 2.63. The maximum atomic E-state index is 13.3. The van der Waals surface area contributed by atoms with E-state index in [1.807, 2.05) is 6.07 Å². The van der Waals surface area contributed by atoms with Gasteiger partial charge in [0.15, 0.2) is 17.1 Å². The summed E-state index contributed by atoms with van der Waals surface area (Å²) in [6.07, 6.45) is 0.0870. The number of cyclic esters (lactones) is 1. The lowest BCUT2D eigenvalue weighted by molar-refractivity contribution is -0.172. The van der Waals surface area contributed by atoms with E-state index in [2.05, 4.69) is 0 Å². The quantitative estimate of drug-likeness (QED) is 0.372. The molecular formula is C23H21ClN2O6. The van der Waals surface area contributed by atoms with Crippen LogP contribution in [0.3, 0.4) is 0 Å². The maximum absolute atomic E-state index is 13.3. The van der Waals surface area contributed by atoms with Crippen molar-refractivity contribution in [2.45, 2.75) is 38.0 Å². The fraction of sp³-hybridized carbons (Fsp3) is 0.348. The molecule has 0 saturated heterocycles. The van der Waals surface area contributed by atoms with E-state index in [0.717, 1.165) is 16.5 Å². The van der Waals surface area contributed by atoms with E-state index in [9.17, 15) is 14.7 Å². The first kappa shape index (κ1) is 20.8. The van der Waals surface area contributed by atoms with Gasteiger partial charge in [-0.25, -0.2) is 9.78 Å². The van der Waals surface area contributed by atoms with Gasteiger partial charge in [-0.05, 0) is 24.1 Å². The number of carbonyl (C=O) groups is 1. The summed E-state index contributed by atoms with van der Waals surface area (Å²) in [6.45, 7) is 1.79. The van der Waals surface area contributed by atoms with Gasteiger partial charge in [0.25, 0.3) is 5.56 Å². The van der Waals surface area contributed by atoms with Crippen LogP contribution in [0.5, 0.6) is 11.5 Å². The van der Waals surface area contributed by atoms with Crippen molar-refractivity contribution in [2.24, 2.45) is 0 Å². The SMILES string of the molecule is CCC1(O)C(=O)OCc2c1cc1n(c2=O)Cc2c-1nc1cc(OC)c(OC)cc1c2CCl. The van der Waals surface area contributed by atoms with Gasteiger partial charge in [-0.15, -0.1) is 11.6 Å². The van der Waals surface area contributed by atoms with Crippen molar-refractivity contribution in [1.29, 1.82) is 0 Å². The number of methoxy groups -OCH3 is 2. The molecule has 0 aliphatic carbocycles. The molecule has 3 aromatic rings. The zero-order valence-electron chi connectivity index (χ0n) is 17.8. The Bertz CT molecular complexity index is 1370. The van der Waals surface area contributed by atoms with Crippen LogP contribution in [0.4, 0.5) is 0 Å². The fourth-order valence-corrected chi connectivity index (χ4v) is 4.95.